The third-order valence-electron chi connectivity index (χ3n) is 3.59. The molecule has 0 amide bonds. The number of rotatable bonds is 7. The Morgan fingerprint density at radius 3 is 2.76 bits per heavy atom. The van der Waals surface area contributed by atoms with Crippen LogP contribution in [0.1, 0.15) is 25.5 Å². The molecule has 1 fully saturated rings. The van der Waals surface area contributed by atoms with Crippen molar-refractivity contribution in [2.24, 2.45) is 5.92 Å². The van der Waals surface area contributed by atoms with Crippen LogP contribution in [0.15, 0.2) is 24.3 Å². The van der Waals surface area contributed by atoms with Gasteiger partial charge >= 0.3 is 5.97 Å². The molecule has 3 atom stereocenters. The standard InChI is InChI=1S/C15H22N2O4/c1-3-20-8-9-21-12-7-5-4-6-11(12)14-13(15(18)19)10(2)16-17-14/h4-7,10,13-14,16-17H,3,8-9H2,1-2H3,(H,18,19). The second kappa shape index (κ2) is 7.40. The normalized spacial score (nSPS) is 25.0. The van der Waals surface area contributed by atoms with E-state index >= 15 is 0 Å². The molecule has 0 bridgehead atoms. The Labute approximate surface area is 124 Å². The molecule has 0 aliphatic carbocycles. The maximum Gasteiger partial charge on any atom is 0.310 e. The fraction of sp³-hybridized carbons (Fsp3) is 0.533. The van der Waals surface area contributed by atoms with Gasteiger partial charge in [0.2, 0.25) is 0 Å². The maximum atomic E-state index is 11.5. The summed E-state index contributed by atoms with van der Waals surface area (Å²) in [6.07, 6.45) is 0. The lowest BCUT2D eigenvalue weighted by Crippen LogP contribution is -2.30. The Morgan fingerprint density at radius 1 is 1.29 bits per heavy atom. The Morgan fingerprint density at radius 2 is 2.05 bits per heavy atom. The molecule has 1 aliphatic rings. The molecule has 0 radical (unpaired) electrons. The number of aliphatic carboxylic acids is 1. The van der Waals surface area contributed by atoms with Gasteiger partial charge in [-0.1, -0.05) is 18.2 Å². The number of hydrazine groups is 1. The summed E-state index contributed by atoms with van der Waals surface area (Å²) in [5.74, 6) is -0.674. The van der Waals surface area contributed by atoms with E-state index in [0.717, 1.165) is 5.56 Å². The van der Waals surface area contributed by atoms with E-state index in [1.165, 1.54) is 0 Å². The minimum Gasteiger partial charge on any atom is -0.491 e. The van der Waals surface area contributed by atoms with E-state index in [-0.39, 0.29) is 12.1 Å². The summed E-state index contributed by atoms with van der Waals surface area (Å²) in [6.45, 7) is 5.39. The number of hydrogen-bond acceptors (Lipinski definition) is 5. The Kier molecular flexibility index (Phi) is 5.55. The molecule has 116 valence electrons. The lowest BCUT2D eigenvalue weighted by atomic mass is 9.90. The first-order chi connectivity index (χ1) is 10.1. The summed E-state index contributed by atoms with van der Waals surface area (Å²) in [7, 11) is 0. The van der Waals surface area contributed by atoms with Crippen LogP contribution in [-0.2, 0) is 9.53 Å². The van der Waals surface area contributed by atoms with E-state index in [1.807, 2.05) is 38.1 Å². The van der Waals surface area contributed by atoms with Crippen molar-refractivity contribution in [1.82, 2.24) is 10.9 Å². The molecule has 2 rings (SSSR count). The van der Waals surface area contributed by atoms with Gasteiger partial charge < -0.3 is 14.6 Å². The molecular weight excluding hydrogens is 272 g/mol. The van der Waals surface area contributed by atoms with Crippen LogP contribution in [0.2, 0.25) is 0 Å². The largest absolute Gasteiger partial charge is 0.491 e. The monoisotopic (exact) mass is 294 g/mol. The van der Waals surface area contributed by atoms with Crippen molar-refractivity contribution in [1.29, 1.82) is 0 Å². The van der Waals surface area contributed by atoms with Gasteiger partial charge in [-0.3, -0.25) is 10.2 Å². The van der Waals surface area contributed by atoms with E-state index in [1.54, 1.807) is 0 Å². The molecule has 1 aliphatic heterocycles. The first-order valence-electron chi connectivity index (χ1n) is 7.18. The van der Waals surface area contributed by atoms with E-state index in [4.69, 9.17) is 9.47 Å². The minimum absolute atomic E-state index is 0.149. The van der Waals surface area contributed by atoms with Crippen molar-refractivity contribution in [2.45, 2.75) is 25.9 Å². The average Bonchev–Trinajstić information content (AvgIpc) is 2.86. The maximum absolute atomic E-state index is 11.5. The summed E-state index contributed by atoms with van der Waals surface area (Å²) in [5, 5.41) is 9.41. The number of hydrogen-bond donors (Lipinski definition) is 3. The van der Waals surface area contributed by atoms with Gasteiger partial charge in [-0.2, -0.15) is 0 Å². The predicted molar refractivity (Wildman–Crippen MR) is 78.0 cm³/mol. The number of carbonyl (C=O) groups is 1. The van der Waals surface area contributed by atoms with Crippen LogP contribution in [0.4, 0.5) is 0 Å². The van der Waals surface area contributed by atoms with Crippen molar-refractivity contribution in [3.05, 3.63) is 29.8 Å². The van der Waals surface area contributed by atoms with E-state index in [9.17, 15) is 9.90 Å². The smallest absolute Gasteiger partial charge is 0.310 e. The molecule has 21 heavy (non-hydrogen) atoms. The van der Waals surface area contributed by atoms with E-state index in [2.05, 4.69) is 10.9 Å². The molecule has 1 aromatic carbocycles. The number of nitrogens with one attached hydrogen (secondary N) is 2. The van der Waals surface area contributed by atoms with Gasteiger partial charge in [0.15, 0.2) is 0 Å². The molecular formula is C15H22N2O4. The van der Waals surface area contributed by atoms with E-state index in [0.29, 0.717) is 25.6 Å². The summed E-state index contributed by atoms with van der Waals surface area (Å²) < 4.78 is 11.0. The van der Waals surface area contributed by atoms with Crippen molar-refractivity contribution in [3.8, 4) is 5.75 Å². The van der Waals surface area contributed by atoms with Crippen molar-refractivity contribution in [2.75, 3.05) is 19.8 Å². The van der Waals surface area contributed by atoms with Crippen LogP contribution in [0, 0.1) is 5.92 Å². The van der Waals surface area contributed by atoms with Crippen LogP contribution in [0.3, 0.4) is 0 Å². The van der Waals surface area contributed by atoms with Crippen molar-refractivity contribution >= 4 is 5.97 Å². The molecule has 0 saturated carbocycles. The van der Waals surface area contributed by atoms with Crippen LogP contribution < -0.4 is 15.6 Å². The number of carboxylic acids is 1. The van der Waals surface area contributed by atoms with Gasteiger partial charge in [-0.05, 0) is 19.9 Å². The quantitative estimate of drug-likeness (QED) is 0.659. The predicted octanol–water partition coefficient (Wildman–Crippen LogP) is 1.34. The SMILES string of the molecule is CCOCCOc1ccccc1C1NNC(C)C1C(=O)O. The molecule has 6 nitrogen and oxygen atoms in total. The lowest BCUT2D eigenvalue weighted by Gasteiger charge is -2.20. The fourth-order valence-electron chi connectivity index (χ4n) is 2.54. The molecule has 3 N–H and O–H groups in total. The van der Waals surface area contributed by atoms with Crippen molar-refractivity contribution in [3.63, 3.8) is 0 Å². The third kappa shape index (κ3) is 3.72. The minimum atomic E-state index is -0.825. The van der Waals surface area contributed by atoms with Crippen LogP contribution in [0.5, 0.6) is 5.75 Å². The topological polar surface area (TPSA) is 79.8 Å². The molecule has 0 spiro atoms. The lowest BCUT2D eigenvalue weighted by molar-refractivity contribution is -0.142. The molecule has 1 aromatic rings. The Bertz CT molecular complexity index is 480. The van der Waals surface area contributed by atoms with Gasteiger partial charge in [-0.15, -0.1) is 0 Å². The van der Waals surface area contributed by atoms with E-state index < -0.39 is 11.9 Å². The highest BCUT2D eigenvalue weighted by atomic mass is 16.5. The zero-order valence-corrected chi connectivity index (χ0v) is 12.3. The zero-order valence-electron chi connectivity index (χ0n) is 12.3. The molecule has 1 saturated heterocycles. The number of para-hydroxylation sites is 1. The molecule has 1 heterocycles. The average molecular weight is 294 g/mol. The van der Waals surface area contributed by atoms with Gasteiger partial charge in [0.05, 0.1) is 18.6 Å². The highest BCUT2D eigenvalue weighted by Crippen LogP contribution is 2.34. The number of benzene rings is 1. The Hall–Kier alpha value is -1.63. The van der Waals surface area contributed by atoms with Gasteiger partial charge in [-0.25, -0.2) is 5.43 Å². The van der Waals surface area contributed by atoms with Crippen LogP contribution in [-0.4, -0.2) is 36.9 Å². The first-order valence-corrected chi connectivity index (χ1v) is 7.18. The van der Waals surface area contributed by atoms with Crippen LogP contribution in [0.25, 0.3) is 0 Å². The zero-order chi connectivity index (χ0) is 15.2. The number of carboxylic acid groups (broad SMARTS) is 1. The molecule has 3 unspecified atom stereocenters. The summed E-state index contributed by atoms with van der Waals surface area (Å²) in [6, 6.07) is 7.04. The number of ether oxygens (including phenoxy) is 2. The summed E-state index contributed by atoms with van der Waals surface area (Å²) in [5.41, 5.74) is 6.89. The first kappa shape index (κ1) is 15.8. The molecule has 0 aromatic heterocycles. The summed E-state index contributed by atoms with van der Waals surface area (Å²) in [4.78, 5) is 11.5. The Balaban J connectivity index is 2.13. The fourth-order valence-corrected chi connectivity index (χ4v) is 2.54. The third-order valence-corrected chi connectivity index (χ3v) is 3.59. The van der Waals surface area contributed by atoms with Gasteiger partial charge in [0, 0.05) is 18.2 Å². The van der Waals surface area contributed by atoms with Gasteiger partial charge in [0.1, 0.15) is 12.4 Å². The van der Waals surface area contributed by atoms with Crippen molar-refractivity contribution < 1.29 is 19.4 Å². The summed E-state index contributed by atoms with van der Waals surface area (Å²) >= 11 is 0. The highest BCUT2D eigenvalue weighted by molar-refractivity contribution is 5.73. The van der Waals surface area contributed by atoms with Gasteiger partial charge in [0.25, 0.3) is 0 Å². The molecule has 6 heteroatoms. The second-order valence-corrected chi connectivity index (χ2v) is 5.00. The second-order valence-electron chi connectivity index (χ2n) is 5.00. The van der Waals surface area contributed by atoms with Crippen LogP contribution >= 0.6 is 0 Å². The highest BCUT2D eigenvalue weighted by Gasteiger charge is 2.40.